The number of alkyl halides is 1. The standard InChI is InChI=1S/C29H36F3N5O2/c1-29(2,3)25(36(14-13-21(33)17-30)28(38)24-10-7-15-39-24)27-34-26(22-16-20(31)11-12-23(22)32)35-37(27)18-19-8-5-4-6-9-19/h4-6,8-9,11-12,16,21,24-25H,7,10,13-15,17-18,33H2,1-3H3/t21-,24-,25?/m0/s1. The molecule has 0 spiro atoms. The first-order valence-electron chi connectivity index (χ1n) is 13.3. The van der Waals surface area contributed by atoms with Crippen LogP contribution < -0.4 is 5.73 Å². The Morgan fingerprint density at radius 3 is 2.59 bits per heavy atom. The second-order valence-corrected chi connectivity index (χ2v) is 11.1. The van der Waals surface area contributed by atoms with E-state index in [2.05, 4.69) is 5.10 Å². The molecular formula is C29H36F3N5O2. The van der Waals surface area contributed by atoms with Gasteiger partial charge in [0.1, 0.15) is 24.4 Å². The van der Waals surface area contributed by atoms with Gasteiger partial charge in [-0.25, -0.2) is 22.8 Å². The molecule has 0 aliphatic carbocycles. The van der Waals surface area contributed by atoms with E-state index in [1.54, 1.807) is 9.58 Å². The lowest BCUT2D eigenvalue weighted by molar-refractivity contribution is -0.146. The van der Waals surface area contributed by atoms with E-state index in [9.17, 15) is 18.0 Å². The summed E-state index contributed by atoms with van der Waals surface area (Å²) in [4.78, 5) is 20.2. The van der Waals surface area contributed by atoms with Crippen LogP contribution in [-0.4, -0.2) is 57.5 Å². The zero-order valence-electron chi connectivity index (χ0n) is 22.6. The van der Waals surface area contributed by atoms with Crippen molar-refractivity contribution in [1.29, 1.82) is 0 Å². The minimum atomic E-state index is -0.732. The maximum atomic E-state index is 14.8. The van der Waals surface area contributed by atoms with Gasteiger partial charge < -0.3 is 15.4 Å². The molecule has 4 rings (SSSR count). The number of benzene rings is 2. The van der Waals surface area contributed by atoms with Gasteiger partial charge in [-0.15, -0.1) is 0 Å². The van der Waals surface area contributed by atoms with E-state index < -0.39 is 41.9 Å². The van der Waals surface area contributed by atoms with Crippen molar-refractivity contribution in [3.63, 3.8) is 0 Å². The first-order chi connectivity index (χ1) is 18.6. The number of rotatable bonds is 10. The number of nitrogens with two attached hydrogens (primary N) is 1. The quantitative estimate of drug-likeness (QED) is 0.387. The molecule has 1 amide bonds. The molecule has 210 valence electrons. The van der Waals surface area contributed by atoms with Crippen LogP contribution in [0, 0.1) is 17.0 Å². The zero-order valence-corrected chi connectivity index (χ0v) is 22.6. The molecule has 1 fully saturated rings. The van der Waals surface area contributed by atoms with E-state index in [1.165, 1.54) is 0 Å². The first-order valence-corrected chi connectivity index (χ1v) is 13.3. The molecule has 2 N–H and O–H groups in total. The predicted octanol–water partition coefficient (Wildman–Crippen LogP) is 5.05. The summed E-state index contributed by atoms with van der Waals surface area (Å²) in [5.41, 5.74) is 6.17. The largest absolute Gasteiger partial charge is 0.368 e. The van der Waals surface area contributed by atoms with Crippen LogP contribution in [0.4, 0.5) is 13.2 Å². The van der Waals surface area contributed by atoms with Crippen molar-refractivity contribution in [1.82, 2.24) is 19.7 Å². The fourth-order valence-corrected chi connectivity index (χ4v) is 4.91. The molecule has 1 saturated heterocycles. The third-order valence-electron chi connectivity index (χ3n) is 6.85. The van der Waals surface area contributed by atoms with Gasteiger partial charge in [-0.2, -0.15) is 5.10 Å². The lowest BCUT2D eigenvalue weighted by Gasteiger charge is -2.41. The van der Waals surface area contributed by atoms with Crippen LogP contribution >= 0.6 is 0 Å². The number of carbonyl (C=O) groups is 1. The number of hydrogen-bond acceptors (Lipinski definition) is 5. The molecule has 2 heterocycles. The van der Waals surface area contributed by atoms with Crippen molar-refractivity contribution < 1.29 is 22.7 Å². The van der Waals surface area contributed by atoms with E-state index in [4.69, 9.17) is 15.5 Å². The normalized spacial score (nSPS) is 17.3. The SMILES string of the molecule is CC(C)(C)C(c1nc(-c2cc(F)ccc2F)nn1Cc1ccccc1)N(CC[C@H](N)CF)C(=O)[C@@H]1CCCO1. The van der Waals surface area contributed by atoms with Crippen molar-refractivity contribution in [3.8, 4) is 11.4 Å². The summed E-state index contributed by atoms with van der Waals surface area (Å²) in [6.45, 7) is 6.13. The van der Waals surface area contributed by atoms with Gasteiger partial charge in [0, 0.05) is 19.2 Å². The first kappa shape index (κ1) is 28.8. The number of halogens is 3. The molecule has 7 nitrogen and oxygen atoms in total. The molecular weight excluding hydrogens is 507 g/mol. The van der Waals surface area contributed by atoms with E-state index in [0.717, 1.165) is 30.2 Å². The minimum Gasteiger partial charge on any atom is -0.368 e. The van der Waals surface area contributed by atoms with Crippen molar-refractivity contribution >= 4 is 5.91 Å². The Hall–Kier alpha value is -3.24. The van der Waals surface area contributed by atoms with Crippen LogP contribution in [0.15, 0.2) is 48.5 Å². The van der Waals surface area contributed by atoms with Crippen LogP contribution in [0.3, 0.4) is 0 Å². The van der Waals surface area contributed by atoms with Gasteiger partial charge in [0.05, 0.1) is 18.2 Å². The molecule has 2 aromatic carbocycles. The molecule has 39 heavy (non-hydrogen) atoms. The second kappa shape index (κ2) is 12.3. The molecule has 3 atom stereocenters. The smallest absolute Gasteiger partial charge is 0.252 e. The van der Waals surface area contributed by atoms with Crippen LogP contribution in [0.1, 0.15) is 57.5 Å². The Morgan fingerprint density at radius 2 is 1.95 bits per heavy atom. The third-order valence-corrected chi connectivity index (χ3v) is 6.85. The van der Waals surface area contributed by atoms with Crippen molar-refractivity contribution in [2.75, 3.05) is 19.8 Å². The number of amides is 1. The highest BCUT2D eigenvalue weighted by Gasteiger charge is 2.41. The highest BCUT2D eigenvalue weighted by Crippen LogP contribution is 2.40. The second-order valence-electron chi connectivity index (χ2n) is 11.1. The molecule has 1 aliphatic rings. The lowest BCUT2D eigenvalue weighted by Crippen LogP contribution is -2.48. The highest BCUT2D eigenvalue weighted by atomic mass is 19.1. The number of nitrogens with zero attached hydrogens (tertiary/aromatic N) is 4. The van der Waals surface area contributed by atoms with Gasteiger partial charge in [-0.05, 0) is 48.4 Å². The van der Waals surface area contributed by atoms with Crippen molar-refractivity contribution in [3.05, 3.63) is 71.6 Å². The van der Waals surface area contributed by atoms with Gasteiger partial charge in [0.25, 0.3) is 5.91 Å². The molecule has 1 aromatic heterocycles. The fraction of sp³-hybridized carbons (Fsp3) is 0.483. The summed E-state index contributed by atoms with van der Waals surface area (Å²) >= 11 is 0. The van der Waals surface area contributed by atoms with Crippen LogP contribution in [0.5, 0.6) is 0 Å². The summed E-state index contributed by atoms with van der Waals surface area (Å²) < 4.78 is 49.6. The molecule has 0 saturated carbocycles. The van der Waals surface area contributed by atoms with Gasteiger partial charge in [0.2, 0.25) is 0 Å². The predicted molar refractivity (Wildman–Crippen MR) is 142 cm³/mol. The van der Waals surface area contributed by atoms with Gasteiger partial charge >= 0.3 is 0 Å². The van der Waals surface area contributed by atoms with E-state index >= 15 is 0 Å². The maximum absolute atomic E-state index is 14.8. The van der Waals surface area contributed by atoms with Gasteiger partial charge in [-0.1, -0.05) is 51.1 Å². The lowest BCUT2D eigenvalue weighted by atomic mass is 9.84. The summed E-state index contributed by atoms with van der Waals surface area (Å²) in [5.74, 6) is -1.09. The molecule has 1 aliphatic heterocycles. The summed E-state index contributed by atoms with van der Waals surface area (Å²) in [5, 5.41) is 4.61. The van der Waals surface area contributed by atoms with Gasteiger partial charge in [0.15, 0.2) is 11.6 Å². The van der Waals surface area contributed by atoms with Crippen molar-refractivity contribution in [2.24, 2.45) is 11.1 Å². The number of carbonyl (C=O) groups excluding carboxylic acids is 1. The monoisotopic (exact) mass is 543 g/mol. The summed E-state index contributed by atoms with van der Waals surface area (Å²) in [6.07, 6.45) is 0.959. The highest BCUT2D eigenvalue weighted by molar-refractivity contribution is 5.81. The van der Waals surface area contributed by atoms with Crippen LogP contribution in [0.2, 0.25) is 0 Å². The number of hydrogen-bond donors (Lipinski definition) is 1. The van der Waals surface area contributed by atoms with Crippen LogP contribution in [0.25, 0.3) is 11.4 Å². The summed E-state index contributed by atoms with van der Waals surface area (Å²) in [7, 11) is 0. The molecule has 0 bridgehead atoms. The third kappa shape index (κ3) is 6.86. The van der Waals surface area contributed by atoms with Crippen LogP contribution in [-0.2, 0) is 16.1 Å². The average Bonchev–Trinajstić information content (AvgIpc) is 3.58. The number of aromatic nitrogens is 3. The molecule has 1 unspecified atom stereocenters. The fourth-order valence-electron chi connectivity index (χ4n) is 4.91. The minimum absolute atomic E-state index is 0.0113. The molecule has 0 radical (unpaired) electrons. The van der Waals surface area contributed by atoms with Gasteiger partial charge in [-0.3, -0.25) is 4.79 Å². The average molecular weight is 544 g/mol. The Kier molecular flexibility index (Phi) is 9.07. The van der Waals surface area contributed by atoms with E-state index in [1.807, 2.05) is 51.1 Å². The molecule has 3 aromatic rings. The van der Waals surface area contributed by atoms with E-state index in [-0.39, 0.29) is 30.3 Å². The topological polar surface area (TPSA) is 86.3 Å². The zero-order chi connectivity index (χ0) is 28.2. The Bertz CT molecular complexity index is 1260. The van der Waals surface area contributed by atoms with E-state index in [0.29, 0.717) is 25.4 Å². The number of ether oxygens (including phenoxy) is 1. The summed E-state index contributed by atoms with van der Waals surface area (Å²) in [6, 6.07) is 11.3. The Morgan fingerprint density at radius 1 is 1.21 bits per heavy atom. The maximum Gasteiger partial charge on any atom is 0.252 e. The van der Waals surface area contributed by atoms with Crippen molar-refractivity contribution in [2.45, 2.75) is 64.8 Å². The Balaban J connectivity index is 1.86. The molecule has 10 heteroatoms. The Labute approximate surface area is 227 Å².